The van der Waals surface area contributed by atoms with Gasteiger partial charge < -0.3 is 15.8 Å². The molecule has 126 valence electrons. The van der Waals surface area contributed by atoms with Gasteiger partial charge in [-0.2, -0.15) is 0 Å². The van der Waals surface area contributed by atoms with Gasteiger partial charge in [-0.1, -0.05) is 35.3 Å². The summed E-state index contributed by atoms with van der Waals surface area (Å²) in [5, 5.41) is 2.42. The highest BCUT2D eigenvalue weighted by atomic mass is 35.5. The third-order valence-corrected chi connectivity index (χ3v) is 3.60. The van der Waals surface area contributed by atoms with Gasteiger partial charge in [-0.05, 0) is 24.3 Å². The lowest BCUT2D eigenvalue weighted by Gasteiger charge is -2.12. The van der Waals surface area contributed by atoms with Gasteiger partial charge in [-0.25, -0.2) is 4.39 Å². The van der Waals surface area contributed by atoms with Crippen LogP contribution in [0.1, 0.15) is 16.8 Å². The second-order valence-corrected chi connectivity index (χ2v) is 5.58. The number of carbonyl (C=O) groups is 2. The fourth-order valence-electron chi connectivity index (χ4n) is 1.84. The van der Waals surface area contributed by atoms with E-state index in [9.17, 15) is 14.0 Å². The number of anilines is 1. The first-order chi connectivity index (χ1) is 11.4. The molecule has 8 heteroatoms. The zero-order valence-electron chi connectivity index (χ0n) is 12.3. The molecule has 0 spiro atoms. The van der Waals surface area contributed by atoms with Crippen molar-refractivity contribution in [3.8, 4) is 5.75 Å². The highest BCUT2D eigenvalue weighted by Gasteiger charge is 2.16. The summed E-state index contributed by atoms with van der Waals surface area (Å²) in [5.74, 6) is -1.53. The normalized spacial score (nSPS) is 10.3. The molecule has 0 saturated carbocycles. The number of primary amides is 1. The van der Waals surface area contributed by atoms with Crippen molar-refractivity contribution in [1.29, 1.82) is 0 Å². The number of carbonyl (C=O) groups excluding carboxylic acids is 2. The van der Waals surface area contributed by atoms with Crippen molar-refractivity contribution >= 4 is 40.7 Å². The molecule has 5 nitrogen and oxygen atoms in total. The van der Waals surface area contributed by atoms with Gasteiger partial charge in [0, 0.05) is 0 Å². The monoisotopic (exact) mass is 370 g/mol. The van der Waals surface area contributed by atoms with Crippen molar-refractivity contribution in [2.24, 2.45) is 5.73 Å². The third-order valence-electron chi connectivity index (χ3n) is 3.00. The quantitative estimate of drug-likeness (QED) is 0.761. The maximum absolute atomic E-state index is 13.5. The maximum Gasteiger partial charge on any atom is 0.257 e. The smallest absolute Gasteiger partial charge is 0.257 e. The predicted molar refractivity (Wildman–Crippen MR) is 90.1 cm³/mol. The number of halogens is 3. The Kier molecular flexibility index (Phi) is 6.00. The molecule has 0 radical (unpaired) electrons. The first-order valence-corrected chi connectivity index (χ1v) is 7.60. The molecule has 2 amide bonds. The van der Waals surface area contributed by atoms with Gasteiger partial charge >= 0.3 is 0 Å². The predicted octanol–water partition coefficient (Wildman–Crippen LogP) is 3.64. The average molecular weight is 371 g/mol. The second kappa shape index (κ2) is 7.99. The summed E-state index contributed by atoms with van der Waals surface area (Å²) in [6.07, 6.45) is 0.0382. The number of hydrogen-bond donors (Lipinski definition) is 2. The Balaban J connectivity index is 2.17. The van der Waals surface area contributed by atoms with E-state index in [1.54, 1.807) is 24.3 Å². The van der Waals surface area contributed by atoms with E-state index in [0.29, 0.717) is 11.4 Å². The Morgan fingerprint density at radius 2 is 1.88 bits per heavy atom. The van der Waals surface area contributed by atoms with Crippen LogP contribution in [0, 0.1) is 5.82 Å². The third kappa shape index (κ3) is 4.59. The number of benzene rings is 2. The molecular weight excluding hydrogens is 358 g/mol. The van der Waals surface area contributed by atoms with E-state index in [1.807, 2.05) is 0 Å². The van der Waals surface area contributed by atoms with Crippen molar-refractivity contribution in [2.45, 2.75) is 6.42 Å². The first-order valence-electron chi connectivity index (χ1n) is 6.84. The summed E-state index contributed by atoms with van der Waals surface area (Å²) in [6, 6.07) is 8.70. The largest absolute Gasteiger partial charge is 0.491 e. The Hall–Kier alpha value is -2.31. The van der Waals surface area contributed by atoms with Gasteiger partial charge in [0.25, 0.3) is 5.91 Å². The van der Waals surface area contributed by atoms with Crippen LogP contribution in [0.25, 0.3) is 0 Å². The fraction of sp³-hybridized carbons (Fsp3) is 0.125. The lowest BCUT2D eigenvalue weighted by atomic mass is 10.2. The fourth-order valence-corrected chi connectivity index (χ4v) is 2.31. The molecule has 0 saturated heterocycles. The minimum absolute atomic E-state index is 0.0195. The topological polar surface area (TPSA) is 81.4 Å². The van der Waals surface area contributed by atoms with Crippen molar-refractivity contribution in [1.82, 2.24) is 0 Å². The molecule has 24 heavy (non-hydrogen) atoms. The lowest BCUT2D eigenvalue weighted by Crippen LogP contribution is -2.16. The van der Waals surface area contributed by atoms with Crippen molar-refractivity contribution in [2.75, 3.05) is 11.9 Å². The van der Waals surface area contributed by atoms with Gasteiger partial charge in [0.05, 0.1) is 34.3 Å². The SMILES string of the molecule is NC(=O)CCOc1ccccc1NC(=O)c1cc(F)c(Cl)cc1Cl. The van der Waals surface area contributed by atoms with Crippen LogP contribution >= 0.6 is 23.2 Å². The van der Waals surface area contributed by atoms with Crippen molar-refractivity contribution in [3.05, 3.63) is 57.8 Å². The second-order valence-electron chi connectivity index (χ2n) is 4.76. The van der Waals surface area contributed by atoms with E-state index in [-0.39, 0.29) is 28.6 Å². The molecule has 3 N–H and O–H groups in total. The Morgan fingerprint density at radius 3 is 2.58 bits per heavy atom. The molecular formula is C16H13Cl2FN2O3. The highest BCUT2D eigenvalue weighted by molar-refractivity contribution is 6.37. The molecule has 0 heterocycles. The first kappa shape index (κ1) is 18.0. The number of para-hydroxylation sites is 2. The van der Waals surface area contributed by atoms with E-state index < -0.39 is 17.6 Å². The van der Waals surface area contributed by atoms with E-state index in [2.05, 4.69) is 5.32 Å². The summed E-state index contributed by atoms with van der Waals surface area (Å²) in [7, 11) is 0. The van der Waals surface area contributed by atoms with Crippen LogP contribution < -0.4 is 15.8 Å². The molecule has 2 aromatic rings. The van der Waals surface area contributed by atoms with Gasteiger partial charge in [-0.3, -0.25) is 9.59 Å². The molecule has 0 bridgehead atoms. The van der Waals surface area contributed by atoms with Gasteiger partial charge in [-0.15, -0.1) is 0 Å². The Bertz CT molecular complexity index is 784. The Morgan fingerprint density at radius 1 is 1.17 bits per heavy atom. The summed E-state index contributed by atoms with van der Waals surface area (Å²) in [4.78, 5) is 23.0. The molecule has 0 aliphatic heterocycles. The number of rotatable bonds is 6. The van der Waals surface area contributed by atoms with Crippen LogP contribution in [0.4, 0.5) is 10.1 Å². The zero-order chi connectivity index (χ0) is 17.7. The lowest BCUT2D eigenvalue weighted by molar-refractivity contribution is -0.118. The minimum atomic E-state index is -0.753. The molecule has 0 aliphatic carbocycles. The van der Waals surface area contributed by atoms with Crippen LogP contribution in [0.2, 0.25) is 10.0 Å². The number of hydrogen-bond acceptors (Lipinski definition) is 3. The average Bonchev–Trinajstić information content (AvgIpc) is 2.52. The standard InChI is InChI=1S/C16H13Cl2FN2O3/c17-10-8-11(18)12(19)7-9(10)16(23)21-13-3-1-2-4-14(13)24-6-5-15(20)22/h1-4,7-8H,5-6H2,(H2,20,22)(H,21,23). The maximum atomic E-state index is 13.5. The number of amides is 2. The van der Waals surface area contributed by atoms with Crippen LogP contribution in [-0.4, -0.2) is 18.4 Å². The molecule has 0 unspecified atom stereocenters. The van der Waals surface area contributed by atoms with E-state index in [4.69, 9.17) is 33.7 Å². The molecule has 0 aliphatic rings. The van der Waals surface area contributed by atoms with E-state index in [1.165, 1.54) is 0 Å². The van der Waals surface area contributed by atoms with Gasteiger partial charge in [0.15, 0.2) is 0 Å². The Labute approximate surface area is 147 Å². The molecule has 2 aromatic carbocycles. The summed E-state index contributed by atoms with van der Waals surface area (Å²) < 4.78 is 19.0. The van der Waals surface area contributed by atoms with Crippen LogP contribution in [0.15, 0.2) is 36.4 Å². The van der Waals surface area contributed by atoms with E-state index >= 15 is 0 Å². The van der Waals surface area contributed by atoms with E-state index in [0.717, 1.165) is 12.1 Å². The van der Waals surface area contributed by atoms with Crippen molar-refractivity contribution < 1.29 is 18.7 Å². The van der Waals surface area contributed by atoms with Gasteiger partial charge in [0.1, 0.15) is 11.6 Å². The molecule has 0 atom stereocenters. The number of nitrogens with two attached hydrogens (primary N) is 1. The van der Waals surface area contributed by atoms with Crippen molar-refractivity contribution in [3.63, 3.8) is 0 Å². The van der Waals surface area contributed by atoms with Crippen LogP contribution in [0.3, 0.4) is 0 Å². The summed E-state index contributed by atoms with van der Waals surface area (Å²) >= 11 is 11.5. The van der Waals surface area contributed by atoms with Crippen LogP contribution in [-0.2, 0) is 4.79 Å². The number of ether oxygens (including phenoxy) is 1. The van der Waals surface area contributed by atoms with Crippen LogP contribution in [0.5, 0.6) is 5.75 Å². The van der Waals surface area contributed by atoms with Gasteiger partial charge in [0.2, 0.25) is 5.91 Å². The molecule has 0 aromatic heterocycles. The summed E-state index contributed by atoms with van der Waals surface area (Å²) in [5.41, 5.74) is 5.33. The molecule has 2 rings (SSSR count). The summed E-state index contributed by atoms with van der Waals surface area (Å²) in [6.45, 7) is 0.0680. The number of nitrogens with one attached hydrogen (secondary N) is 1. The zero-order valence-corrected chi connectivity index (χ0v) is 13.8. The minimum Gasteiger partial charge on any atom is -0.491 e. The highest BCUT2D eigenvalue weighted by Crippen LogP contribution is 2.28. The molecule has 0 fully saturated rings.